The van der Waals surface area contributed by atoms with Gasteiger partial charge < -0.3 is 0 Å². The van der Waals surface area contributed by atoms with Gasteiger partial charge in [-0.25, -0.2) is 22.6 Å². The number of para-hydroxylation sites is 1. The highest BCUT2D eigenvalue weighted by Gasteiger charge is 2.56. The normalized spacial score (nSPS) is 16.4. The van der Waals surface area contributed by atoms with Crippen LogP contribution in [0.4, 0.5) is 4.39 Å². The lowest BCUT2D eigenvalue weighted by molar-refractivity contribution is 0.579. The molecule has 21 heavy (non-hydrogen) atoms. The molecule has 1 aromatic carbocycles. The van der Waals surface area contributed by atoms with Crippen LogP contribution in [0.5, 0.6) is 0 Å². The first-order chi connectivity index (χ1) is 9.89. The molecule has 108 valence electrons. The highest BCUT2D eigenvalue weighted by atomic mass is 32.2. The molecule has 0 unspecified atom stereocenters. The molecule has 7 nitrogen and oxygen atoms in total. The summed E-state index contributed by atoms with van der Waals surface area (Å²) in [5, 5.41) is 21.7. The third-order valence-corrected chi connectivity index (χ3v) is 5.25. The zero-order valence-electron chi connectivity index (χ0n) is 10.7. The van der Waals surface area contributed by atoms with Gasteiger partial charge in [-0.2, -0.15) is 5.26 Å². The molecule has 9 heteroatoms. The number of rotatable bonds is 3. The second-order valence-corrected chi connectivity index (χ2v) is 6.71. The fourth-order valence-corrected chi connectivity index (χ4v) is 3.28. The molecule has 1 fully saturated rings. The fourth-order valence-electron chi connectivity index (χ4n) is 2.22. The van der Waals surface area contributed by atoms with Crippen molar-refractivity contribution in [3.05, 3.63) is 41.5 Å². The quantitative estimate of drug-likeness (QED) is 0.889. The standard InChI is InChI=1S/C12H10FN5O2S/c13-9-3-1-2-8(6-14)11(9)18-7-10(16-17-18)12(4-5-12)21(15,19)20/h1-3,7H,4-5H2,(H2,15,19,20). The number of nitriles is 1. The van der Waals surface area contributed by atoms with Gasteiger partial charge in [0.1, 0.15) is 28.0 Å². The summed E-state index contributed by atoms with van der Waals surface area (Å²) in [6.07, 6.45) is 2.01. The molecule has 2 aromatic rings. The fraction of sp³-hybridized carbons (Fsp3) is 0.250. The van der Waals surface area contributed by atoms with Crippen LogP contribution >= 0.6 is 0 Å². The summed E-state index contributed by atoms with van der Waals surface area (Å²) in [5.41, 5.74) is 0.174. The Bertz CT molecular complexity index is 864. The number of hydrogen-bond donors (Lipinski definition) is 1. The van der Waals surface area contributed by atoms with Crippen LogP contribution in [0.2, 0.25) is 0 Å². The number of nitrogens with zero attached hydrogens (tertiary/aromatic N) is 4. The van der Waals surface area contributed by atoms with E-state index in [4.69, 9.17) is 10.4 Å². The average Bonchev–Trinajstić information content (AvgIpc) is 3.12. The molecule has 0 spiro atoms. The molecule has 1 heterocycles. The summed E-state index contributed by atoms with van der Waals surface area (Å²) < 4.78 is 37.0. The monoisotopic (exact) mass is 307 g/mol. The molecule has 0 bridgehead atoms. The zero-order chi connectivity index (χ0) is 15.3. The summed E-state index contributed by atoms with van der Waals surface area (Å²) in [4.78, 5) is 0. The van der Waals surface area contributed by atoms with E-state index in [2.05, 4.69) is 10.3 Å². The molecule has 0 radical (unpaired) electrons. The zero-order valence-corrected chi connectivity index (χ0v) is 11.5. The Morgan fingerprint density at radius 2 is 2.14 bits per heavy atom. The Labute approximate surface area is 119 Å². The molecule has 3 rings (SSSR count). The van der Waals surface area contributed by atoms with Crippen molar-refractivity contribution in [3.8, 4) is 11.8 Å². The molecule has 0 atom stereocenters. The van der Waals surface area contributed by atoms with E-state index < -0.39 is 20.6 Å². The Kier molecular flexibility index (Phi) is 2.82. The van der Waals surface area contributed by atoms with Gasteiger partial charge >= 0.3 is 0 Å². The topological polar surface area (TPSA) is 115 Å². The van der Waals surface area contributed by atoms with E-state index in [0.717, 1.165) is 4.68 Å². The summed E-state index contributed by atoms with van der Waals surface area (Å²) in [7, 11) is -3.81. The second kappa shape index (κ2) is 4.34. The number of halogens is 1. The highest BCUT2D eigenvalue weighted by Crippen LogP contribution is 2.50. The van der Waals surface area contributed by atoms with E-state index in [0.29, 0.717) is 12.8 Å². The molecule has 0 amide bonds. The summed E-state index contributed by atoms with van der Waals surface area (Å²) in [5.74, 6) is -0.647. The Morgan fingerprint density at radius 1 is 1.43 bits per heavy atom. The SMILES string of the molecule is N#Cc1cccc(F)c1-n1cc(C2(S(N)(=O)=O)CC2)nn1. The largest absolute Gasteiger partial charge is 0.228 e. The number of aromatic nitrogens is 3. The predicted octanol–water partition coefficient (Wildman–Crippen LogP) is 0.556. The first-order valence-electron chi connectivity index (χ1n) is 6.03. The molecule has 1 aliphatic rings. The van der Waals surface area contributed by atoms with Crippen molar-refractivity contribution >= 4 is 10.0 Å². The minimum absolute atomic E-state index is 0.0658. The molecule has 1 aromatic heterocycles. The van der Waals surface area contributed by atoms with Gasteiger partial charge in [-0.3, -0.25) is 0 Å². The molecule has 1 aliphatic carbocycles. The maximum Gasteiger partial charge on any atom is 0.220 e. The smallest absolute Gasteiger partial charge is 0.220 e. The van der Waals surface area contributed by atoms with Gasteiger partial charge in [0.05, 0.1) is 11.8 Å². The first-order valence-corrected chi connectivity index (χ1v) is 7.58. The van der Waals surface area contributed by atoms with E-state index in [-0.39, 0.29) is 16.9 Å². The lowest BCUT2D eigenvalue weighted by Gasteiger charge is -2.08. The second-order valence-electron chi connectivity index (χ2n) is 4.84. The molecule has 0 aliphatic heterocycles. The van der Waals surface area contributed by atoms with Crippen LogP contribution in [0.15, 0.2) is 24.4 Å². The van der Waals surface area contributed by atoms with E-state index in [1.165, 1.54) is 24.4 Å². The van der Waals surface area contributed by atoms with Crippen LogP contribution in [0.3, 0.4) is 0 Å². The molecule has 2 N–H and O–H groups in total. The number of primary sulfonamides is 1. The van der Waals surface area contributed by atoms with Gasteiger partial charge in [0, 0.05) is 0 Å². The first kappa shape index (κ1) is 13.7. The van der Waals surface area contributed by atoms with Gasteiger partial charge in [-0.15, -0.1) is 5.10 Å². The molecule has 0 saturated heterocycles. The van der Waals surface area contributed by atoms with Gasteiger partial charge in [-0.05, 0) is 25.0 Å². The maximum absolute atomic E-state index is 13.9. The van der Waals surface area contributed by atoms with Crippen molar-refractivity contribution in [1.29, 1.82) is 5.26 Å². The Balaban J connectivity index is 2.12. The lowest BCUT2D eigenvalue weighted by Crippen LogP contribution is -2.28. The van der Waals surface area contributed by atoms with E-state index in [1.54, 1.807) is 0 Å². The van der Waals surface area contributed by atoms with E-state index in [1.807, 2.05) is 6.07 Å². The number of nitrogens with two attached hydrogens (primary N) is 1. The van der Waals surface area contributed by atoms with Crippen LogP contribution in [-0.4, -0.2) is 23.4 Å². The number of hydrogen-bond acceptors (Lipinski definition) is 5. The van der Waals surface area contributed by atoms with Gasteiger partial charge in [0.15, 0.2) is 0 Å². The minimum atomic E-state index is -3.81. The van der Waals surface area contributed by atoms with Crippen molar-refractivity contribution in [1.82, 2.24) is 15.0 Å². The number of sulfonamides is 1. The van der Waals surface area contributed by atoms with Crippen molar-refractivity contribution in [2.24, 2.45) is 5.14 Å². The summed E-state index contributed by atoms with van der Waals surface area (Å²) >= 11 is 0. The van der Waals surface area contributed by atoms with Crippen molar-refractivity contribution in [3.63, 3.8) is 0 Å². The van der Waals surface area contributed by atoms with Crippen molar-refractivity contribution < 1.29 is 12.8 Å². The number of benzene rings is 1. The van der Waals surface area contributed by atoms with Crippen LogP contribution in [0, 0.1) is 17.1 Å². The highest BCUT2D eigenvalue weighted by molar-refractivity contribution is 7.90. The Morgan fingerprint density at radius 3 is 2.71 bits per heavy atom. The summed E-state index contributed by atoms with van der Waals surface area (Å²) in [6.45, 7) is 0. The Hall–Kier alpha value is -2.31. The van der Waals surface area contributed by atoms with Gasteiger partial charge in [0.2, 0.25) is 10.0 Å². The third kappa shape index (κ3) is 2.00. The maximum atomic E-state index is 13.9. The van der Waals surface area contributed by atoms with E-state index in [9.17, 15) is 12.8 Å². The van der Waals surface area contributed by atoms with Crippen molar-refractivity contribution in [2.75, 3.05) is 0 Å². The third-order valence-electron chi connectivity index (χ3n) is 3.55. The van der Waals surface area contributed by atoms with Crippen LogP contribution in [-0.2, 0) is 14.8 Å². The van der Waals surface area contributed by atoms with Gasteiger partial charge in [-0.1, -0.05) is 11.3 Å². The average molecular weight is 307 g/mol. The van der Waals surface area contributed by atoms with Crippen LogP contribution in [0.25, 0.3) is 5.69 Å². The molecular formula is C12H10FN5O2S. The van der Waals surface area contributed by atoms with Crippen LogP contribution < -0.4 is 5.14 Å². The van der Waals surface area contributed by atoms with Crippen molar-refractivity contribution in [2.45, 2.75) is 17.6 Å². The molecular weight excluding hydrogens is 297 g/mol. The predicted molar refractivity (Wildman–Crippen MR) is 70.1 cm³/mol. The van der Waals surface area contributed by atoms with Gasteiger partial charge in [0.25, 0.3) is 0 Å². The minimum Gasteiger partial charge on any atom is -0.228 e. The summed E-state index contributed by atoms with van der Waals surface area (Å²) in [6, 6.07) is 5.88. The van der Waals surface area contributed by atoms with E-state index >= 15 is 0 Å². The van der Waals surface area contributed by atoms with Crippen LogP contribution in [0.1, 0.15) is 24.1 Å². The molecule has 1 saturated carbocycles. The lowest BCUT2D eigenvalue weighted by atomic mass is 10.2.